The van der Waals surface area contributed by atoms with E-state index < -0.39 is 0 Å². The molecule has 7 nitrogen and oxygen atoms in total. The van der Waals surface area contributed by atoms with Crippen molar-refractivity contribution in [3.8, 4) is 0 Å². The molecule has 0 saturated heterocycles. The van der Waals surface area contributed by atoms with Crippen LogP contribution in [0.5, 0.6) is 0 Å². The molecular weight excluding hydrogens is 220 g/mol. The minimum absolute atomic E-state index is 0.542. The van der Waals surface area contributed by atoms with Gasteiger partial charge in [0.25, 0.3) is 0 Å². The molecule has 7 heteroatoms. The summed E-state index contributed by atoms with van der Waals surface area (Å²) in [6.45, 7) is 0. The Morgan fingerprint density at radius 3 is 2.88 bits per heavy atom. The molecule has 2 aromatic heterocycles. The fourth-order valence-corrected chi connectivity index (χ4v) is 1.72. The predicted octanol–water partition coefficient (Wildman–Crippen LogP) is 0.350. The molecule has 2 N–H and O–H groups in total. The Kier molecular flexibility index (Phi) is 2.08. The lowest BCUT2D eigenvalue weighted by molar-refractivity contribution is -0.109. The van der Waals surface area contributed by atoms with Gasteiger partial charge in [0, 0.05) is 10.8 Å². The van der Waals surface area contributed by atoms with Gasteiger partial charge in [0.2, 0.25) is 6.41 Å². The van der Waals surface area contributed by atoms with E-state index in [-0.39, 0.29) is 0 Å². The number of amides is 1. The molecule has 0 atom stereocenters. The van der Waals surface area contributed by atoms with Gasteiger partial charge in [0.1, 0.15) is 6.33 Å². The number of hydrogen-bond acceptors (Lipinski definition) is 5. The zero-order chi connectivity index (χ0) is 11.7. The van der Waals surface area contributed by atoms with Gasteiger partial charge < -0.3 is 0 Å². The van der Waals surface area contributed by atoms with Gasteiger partial charge in [-0.15, -0.1) is 15.3 Å². The molecule has 0 aliphatic rings. The summed E-state index contributed by atoms with van der Waals surface area (Å²) in [5.74, 6) is 0.542. The highest BCUT2D eigenvalue weighted by molar-refractivity contribution is 5.99. The van der Waals surface area contributed by atoms with E-state index in [1.807, 2.05) is 24.3 Å². The maximum absolute atomic E-state index is 10.3. The van der Waals surface area contributed by atoms with Gasteiger partial charge >= 0.3 is 0 Å². The van der Waals surface area contributed by atoms with Crippen molar-refractivity contribution in [2.75, 3.05) is 5.43 Å². The zero-order valence-corrected chi connectivity index (χ0v) is 8.66. The van der Waals surface area contributed by atoms with Crippen LogP contribution in [0.3, 0.4) is 0 Å². The van der Waals surface area contributed by atoms with Gasteiger partial charge in [-0.1, -0.05) is 24.3 Å². The molecule has 2 heterocycles. The van der Waals surface area contributed by atoms with Crippen LogP contribution in [0.4, 0.5) is 5.82 Å². The van der Waals surface area contributed by atoms with Crippen LogP contribution >= 0.6 is 0 Å². The number of nitrogens with one attached hydrogen (secondary N) is 2. The Morgan fingerprint density at radius 2 is 2.06 bits per heavy atom. The summed E-state index contributed by atoms with van der Waals surface area (Å²) in [6.07, 6.45) is 2.06. The average molecular weight is 228 g/mol. The summed E-state index contributed by atoms with van der Waals surface area (Å²) < 4.78 is 1.55. The largest absolute Gasteiger partial charge is 0.280 e. The van der Waals surface area contributed by atoms with E-state index in [0.717, 1.165) is 10.8 Å². The van der Waals surface area contributed by atoms with Crippen LogP contribution in [-0.4, -0.2) is 26.2 Å². The Hall–Kier alpha value is -2.70. The van der Waals surface area contributed by atoms with Crippen LogP contribution < -0.4 is 10.9 Å². The first-order valence-electron chi connectivity index (χ1n) is 4.94. The molecule has 0 aliphatic heterocycles. The van der Waals surface area contributed by atoms with Crippen LogP contribution in [-0.2, 0) is 4.79 Å². The summed E-state index contributed by atoms with van der Waals surface area (Å²) in [4.78, 5) is 10.3. The minimum Gasteiger partial charge on any atom is -0.280 e. The Morgan fingerprint density at radius 1 is 1.24 bits per heavy atom. The number of anilines is 1. The van der Waals surface area contributed by atoms with Gasteiger partial charge in [-0.3, -0.25) is 15.6 Å². The van der Waals surface area contributed by atoms with Gasteiger partial charge in [-0.05, 0) is 0 Å². The maximum Gasteiger partial charge on any atom is 0.225 e. The second-order valence-corrected chi connectivity index (χ2v) is 3.38. The Labute approximate surface area is 95.4 Å². The van der Waals surface area contributed by atoms with Crippen LogP contribution in [0.1, 0.15) is 0 Å². The van der Waals surface area contributed by atoms with Crippen LogP contribution in [0.25, 0.3) is 16.4 Å². The fourth-order valence-electron chi connectivity index (χ4n) is 1.72. The van der Waals surface area contributed by atoms with Crippen molar-refractivity contribution in [3.05, 3.63) is 30.6 Å². The van der Waals surface area contributed by atoms with Crippen molar-refractivity contribution in [1.29, 1.82) is 0 Å². The Bertz CT molecular complexity index is 691. The smallest absolute Gasteiger partial charge is 0.225 e. The minimum atomic E-state index is 0.542. The molecule has 0 bridgehead atoms. The van der Waals surface area contributed by atoms with E-state index in [0.29, 0.717) is 17.9 Å². The molecule has 0 radical (unpaired) electrons. The number of carbonyl (C=O) groups is 1. The van der Waals surface area contributed by atoms with E-state index in [1.165, 1.54) is 6.33 Å². The highest BCUT2D eigenvalue weighted by Gasteiger charge is 2.08. The second-order valence-electron chi connectivity index (χ2n) is 3.38. The number of aromatic nitrogens is 4. The molecule has 0 unspecified atom stereocenters. The van der Waals surface area contributed by atoms with Crippen molar-refractivity contribution in [3.63, 3.8) is 0 Å². The van der Waals surface area contributed by atoms with Gasteiger partial charge in [0.15, 0.2) is 11.5 Å². The van der Waals surface area contributed by atoms with Crippen LogP contribution in [0, 0.1) is 0 Å². The lowest BCUT2D eigenvalue weighted by Gasteiger charge is -2.07. The van der Waals surface area contributed by atoms with Crippen LogP contribution in [0.2, 0.25) is 0 Å². The SMILES string of the molecule is O=CNNc1nn2cnnc2c2ccccc12. The number of rotatable bonds is 3. The third kappa shape index (κ3) is 1.44. The highest BCUT2D eigenvalue weighted by atomic mass is 16.1. The van der Waals surface area contributed by atoms with Gasteiger partial charge in [0.05, 0.1) is 0 Å². The monoisotopic (exact) mass is 228 g/mol. The molecule has 1 amide bonds. The van der Waals surface area contributed by atoms with Crippen molar-refractivity contribution in [2.45, 2.75) is 0 Å². The number of hydrogen-bond donors (Lipinski definition) is 2. The normalized spacial score (nSPS) is 10.6. The standard InChI is InChI=1S/C10H8N6O/c17-6-12-13-9-7-3-1-2-4-8(7)10-14-11-5-16(10)15-9/h1-6H,(H,12,17)(H,13,15). The first-order chi connectivity index (χ1) is 8.40. The molecule has 1 aromatic carbocycles. The van der Waals surface area contributed by atoms with E-state index in [1.54, 1.807) is 4.52 Å². The molecule has 17 heavy (non-hydrogen) atoms. The molecule has 3 aromatic rings. The number of hydrazine groups is 1. The molecule has 0 spiro atoms. The first-order valence-corrected chi connectivity index (χ1v) is 4.94. The van der Waals surface area contributed by atoms with Crippen molar-refractivity contribution in [2.24, 2.45) is 0 Å². The van der Waals surface area contributed by atoms with Crippen LogP contribution in [0.15, 0.2) is 30.6 Å². The number of carbonyl (C=O) groups excluding carboxylic acids is 1. The van der Waals surface area contributed by atoms with E-state index in [9.17, 15) is 4.79 Å². The third-order valence-electron chi connectivity index (χ3n) is 2.41. The molecular formula is C10H8N6O. The van der Waals surface area contributed by atoms with Crippen molar-refractivity contribution >= 4 is 28.6 Å². The summed E-state index contributed by atoms with van der Waals surface area (Å²) in [6, 6.07) is 7.62. The van der Waals surface area contributed by atoms with Gasteiger partial charge in [-0.25, -0.2) is 0 Å². The predicted molar refractivity (Wildman–Crippen MR) is 61.1 cm³/mol. The molecule has 0 saturated carbocycles. The topological polar surface area (TPSA) is 84.2 Å². The lowest BCUT2D eigenvalue weighted by atomic mass is 10.2. The molecule has 84 valence electrons. The van der Waals surface area contributed by atoms with E-state index in [4.69, 9.17) is 0 Å². The second kappa shape index (κ2) is 3.71. The van der Waals surface area contributed by atoms with Crippen molar-refractivity contribution in [1.82, 2.24) is 25.2 Å². The highest BCUT2D eigenvalue weighted by Crippen LogP contribution is 2.22. The Balaban J connectivity index is 2.33. The zero-order valence-electron chi connectivity index (χ0n) is 8.66. The molecule has 0 fully saturated rings. The maximum atomic E-state index is 10.3. The van der Waals surface area contributed by atoms with E-state index >= 15 is 0 Å². The summed E-state index contributed by atoms with van der Waals surface area (Å²) in [5, 5.41) is 13.8. The van der Waals surface area contributed by atoms with E-state index in [2.05, 4.69) is 26.1 Å². The number of fused-ring (bicyclic) bond motifs is 3. The molecule has 3 rings (SSSR count). The quantitative estimate of drug-likeness (QED) is 0.499. The first kappa shape index (κ1) is 9.52. The van der Waals surface area contributed by atoms with Gasteiger partial charge in [-0.2, -0.15) is 4.52 Å². The summed E-state index contributed by atoms with van der Waals surface area (Å²) >= 11 is 0. The third-order valence-corrected chi connectivity index (χ3v) is 2.41. The summed E-state index contributed by atoms with van der Waals surface area (Å²) in [5.41, 5.74) is 5.76. The fraction of sp³-hybridized carbons (Fsp3) is 0. The summed E-state index contributed by atoms with van der Waals surface area (Å²) in [7, 11) is 0. The number of benzene rings is 1. The average Bonchev–Trinajstić information content (AvgIpc) is 2.84. The lowest BCUT2D eigenvalue weighted by Crippen LogP contribution is -2.20. The molecule has 0 aliphatic carbocycles. The van der Waals surface area contributed by atoms with Crippen molar-refractivity contribution < 1.29 is 4.79 Å². The number of nitrogens with zero attached hydrogens (tertiary/aromatic N) is 4.